The van der Waals surface area contributed by atoms with E-state index in [0.29, 0.717) is 36.6 Å². The van der Waals surface area contributed by atoms with Gasteiger partial charge in [-0.05, 0) is 49.7 Å². The zero-order chi connectivity index (χ0) is 19.0. The molecule has 0 bridgehead atoms. The number of carbonyl (C=O) groups excluding carboxylic acids is 1. The van der Waals surface area contributed by atoms with E-state index in [0.717, 1.165) is 16.9 Å². The van der Waals surface area contributed by atoms with E-state index in [-0.39, 0.29) is 11.5 Å². The average Bonchev–Trinajstić information content (AvgIpc) is 3.00. The molecule has 138 valence electrons. The average molecular weight is 382 g/mol. The van der Waals surface area contributed by atoms with Crippen LogP contribution in [-0.4, -0.2) is 26.7 Å². The molecule has 2 aromatic carbocycles. The number of nitrogens with zero attached hydrogens (tertiary/aromatic N) is 3. The molecule has 3 aromatic rings. The molecule has 0 spiro atoms. The Hall–Kier alpha value is -2.79. The van der Waals surface area contributed by atoms with Crippen molar-refractivity contribution in [3.05, 3.63) is 86.8 Å². The van der Waals surface area contributed by atoms with Crippen LogP contribution in [0.15, 0.2) is 59.4 Å². The first-order valence-electron chi connectivity index (χ1n) is 9.04. The fourth-order valence-electron chi connectivity index (χ4n) is 3.68. The number of halogens is 1. The van der Waals surface area contributed by atoms with Gasteiger partial charge in [0.2, 0.25) is 0 Å². The molecule has 2 heterocycles. The summed E-state index contributed by atoms with van der Waals surface area (Å²) in [6.07, 6.45) is 0.563. The second-order valence-corrected chi connectivity index (χ2v) is 7.01. The lowest BCUT2D eigenvalue weighted by molar-refractivity contribution is 0.0729. The van der Waals surface area contributed by atoms with E-state index in [1.54, 1.807) is 33.8 Å². The number of hydrogen-bond acceptors (Lipinski definition) is 2. The lowest BCUT2D eigenvalue weighted by atomic mass is 10.1. The molecule has 0 N–H and O–H groups in total. The van der Waals surface area contributed by atoms with Gasteiger partial charge in [-0.15, -0.1) is 0 Å². The molecule has 1 amide bonds. The number of aromatic nitrogens is 2. The first kappa shape index (κ1) is 17.6. The Morgan fingerprint density at radius 3 is 2.44 bits per heavy atom. The predicted octanol–water partition coefficient (Wildman–Crippen LogP) is 3.51. The molecular formula is C21H20ClN3O2. The molecule has 0 saturated heterocycles. The molecule has 27 heavy (non-hydrogen) atoms. The van der Waals surface area contributed by atoms with E-state index < -0.39 is 0 Å². The van der Waals surface area contributed by atoms with Crippen LogP contribution >= 0.6 is 11.6 Å². The highest BCUT2D eigenvalue weighted by Crippen LogP contribution is 2.21. The fraction of sp³-hybridized carbons (Fsp3) is 0.238. The molecule has 1 aliphatic rings. The van der Waals surface area contributed by atoms with Crippen molar-refractivity contribution in [3.63, 3.8) is 0 Å². The first-order valence-corrected chi connectivity index (χ1v) is 9.41. The van der Waals surface area contributed by atoms with Crippen molar-refractivity contribution in [2.75, 3.05) is 6.54 Å². The van der Waals surface area contributed by atoms with Gasteiger partial charge in [0.25, 0.3) is 11.5 Å². The van der Waals surface area contributed by atoms with Crippen LogP contribution in [0.2, 0.25) is 5.02 Å². The predicted molar refractivity (Wildman–Crippen MR) is 106 cm³/mol. The van der Waals surface area contributed by atoms with Crippen LogP contribution in [0.1, 0.15) is 28.5 Å². The van der Waals surface area contributed by atoms with Gasteiger partial charge in [0.05, 0.1) is 17.9 Å². The van der Waals surface area contributed by atoms with Gasteiger partial charge in [-0.25, -0.2) is 4.68 Å². The van der Waals surface area contributed by atoms with E-state index in [1.165, 1.54) is 0 Å². The number of amides is 1. The normalized spacial score (nSPS) is 13.5. The highest BCUT2D eigenvalue weighted by atomic mass is 35.5. The largest absolute Gasteiger partial charge is 0.332 e. The Labute approximate surface area is 162 Å². The number of rotatable bonds is 3. The first-order chi connectivity index (χ1) is 13.1. The van der Waals surface area contributed by atoms with Gasteiger partial charge >= 0.3 is 0 Å². The van der Waals surface area contributed by atoms with Crippen LogP contribution in [0.25, 0.3) is 5.69 Å². The zero-order valence-electron chi connectivity index (χ0n) is 15.1. The summed E-state index contributed by atoms with van der Waals surface area (Å²) in [6.45, 7) is 3.63. The van der Waals surface area contributed by atoms with Gasteiger partial charge in [-0.3, -0.25) is 14.3 Å². The van der Waals surface area contributed by atoms with Gasteiger partial charge in [0, 0.05) is 29.2 Å². The zero-order valence-corrected chi connectivity index (χ0v) is 15.8. The number of fused-ring (bicyclic) bond motifs is 1. The number of para-hydroxylation sites is 1. The van der Waals surface area contributed by atoms with E-state index in [9.17, 15) is 9.59 Å². The smallest absolute Gasteiger partial charge is 0.274 e. The van der Waals surface area contributed by atoms with Crippen LogP contribution in [0.5, 0.6) is 0 Å². The third-order valence-corrected chi connectivity index (χ3v) is 5.25. The Kier molecular flexibility index (Phi) is 4.62. The van der Waals surface area contributed by atoms with Crippen LogP contribution in [0.4, 0.5) is 0 Å². The Balaban J connectivity index is 1.71. The molecular weight excluding hydrogens is 362 g/mol. The van der Waals surface area contributed by atoms with Crippen molar-refractivity contribution < 1.29 is 4.79 Å². The van der Waals surface area contributed by atoms with Crippen LogP contribution in [0, 0.1) is 0 Å². The molecule has 5 nitrogen and oxygen atoms in total. The van der Waals surface area contributed by atoms with E-state index in [2.05, 4.69) is 0 Å². The Bertz CT molecular complexity index is 1040. The van der Waals surface area contributed by atoms with Crippen molar-refractivity contribution >= 4 is 17.5 Å². The number of hydrogen-bond donors (Lipinski definition) is 0. The van der Waals surface area contributed by atoms with Crippen molar-refractivity contribution in [2.45, 2.75) is 26.4 Å². The quantitative estimate of drug-likeness (QED) is 0.697. The topological polar surface area (TPSA) is 47.2 Å². The third-order valence-electron chi connectivity index (χ3n) is 5.00. The van der Waals surface area contributed by atoms with Gasteiger partial charge in [0.15, 0.2) is 0 Å². The summed E-state index contributed by atoms with van der Waals surface area (Å²) in [5.74, 6) is -0.0418. The van der Waals surface area contributed by atoms with Crippen LogP contribution in [0.3, 0.4) is 0 Å². The van der Waals surface area contributed by atoms with Gasteiger partial charge in [0.1, 0.15) is 0 Å². The van der Waals surface area contributed by atoms with Gasteiger partial charge < -0.3 is 4.90 Å². The second kappa shape index (κ2) is 7.08. The highest BCUT2D eigenvalue weighted by Gasteiger charge is 2.29. The van der Waals surface area contributed by atoms with E-state index in [1.807, 2.05) is 41.9 Å². The molecule has 4 rings (SSSR count). The third kappa shape index (κ3) is 3.08. The summed E-state index contributed by atoms with van der Waals surface area (Å²) < 4.78 is 3.70. The van der Waals surface area contributed by atoms with Crippen LogP contribution < -0.4 is 5.56 Å². The molecule has 1 aromatic heterocycles. The highest BCUT2D eigenvalue weighted by molar-refractivity contribution is 6.30. The fourth-order valence-corrected chi connectivity index (χ4v) is 3.80. The van der Waals surface area contributed by atoms with Gasteiger partial charge in [-0.2, -0.15) is 0 Å². The minimum atomic E-state index is -0.0418. The molecule has 0 atom stereocenters. The standard InChI is InChI=1S/C21H20ClN3O2/c1-2-24-19-14-23(20(26)15-8-10-16(22)11-9-15)13-12-18(19)21(27)25(24)17-6-4-3-5-7-17/h3-11H,2,12-14H2,1H3. The molecule has 0 saturated carbocycles. The minimum Gasteiger partial charge on any atom is -0.332 e. The second-order valence-electron chi connectivity index (χ2n) is 6.58. The molecule has 0 aliphatic carbocycles. The maximum atomic E-state index is 13.0. The number of carbonyl (C=O) groups is 1. The monoisotopic (exact) mass is 381 g/mol. The summed E-state index contributed by atoms with van der Waals surface area (Å²) in [5.41, 5.74) is 3.18. The van der Waals surface area contributed by atoms with Crippen LogP contribution in [-0.2, 0) is 19.5 Å². The maximum Gasteiger partial charge on any atom is 0.274 e. The van der Waals surface area contributed by atoms with Crippen molar-refractivity contribution in [3.8, 4) is 5.69 Å². The summed E-state index contributed by atoms with van der Waals surface area (Å²) in [4.78, 5) is 27.7. The van der Waals surface area contributed by atoms with E-state index in [4.69, 9.17) is 11.6 Å². The Morgan fingerprint density at radius 2 is 1.78 bits per heavy atom. The SMILES string of the molecule is CCn1c2c(c(=O)n1-c1ccccc1)CCN(C(=O)c1ccc(Cl)cc1)C2. The summed E-state index contributed by atoms with van der Waals surface area (Å²) in [7, 11) is 0. The lowest BCUT2D eigenvalue weighted by Crippen LogP contribution is -2.37. The summed E-state index contributed by atoms with van der Waals surface area (Å²) in [6, 6.07) is 16.5. The molecule has 0 radical (unpaired) electrons. The van der Waals surface area contributed by atoms with Crippen molar-refractivity contribution in [2.24, 2.45) is 0 Å². The summed E-state index contributed by atoms with van der Waals surface area (Å²) >= 11 is 5.92. The molecule has 0 fully saturated rings. The maximum absolute atomic E-state index is 13.0. The minimum absolute atomic E-state index is 0.0108. The van der Waals surface area contributed by atoms with Crippen molar-refractivity contribution in [1.29, 1.82) is 0 Å². The molecule has 0 unspecified atom stereocenters. The molecule has 1 aliphatic heterocycles. The van der Waals surface area contributed by atoms with E-state index >= 15 is 0 Å². The molecule has 6 heteroatoms. The summed E-state index contributed by atoms with van der Waals surface area (Å²) in [5, 5.41) is 0.604. The Morgan fingerprint density at radius 1 is 1.07 bits per heavy atom. The van der Waals surface area contributed by atoms with Gasteiger partial charge in [-0.1, -0.05) is 29.8 Å². The number of benzene rings is 2. The lowest BCUT2D eigenvalue weighted by Gasteiger charge is -2.27. The van der Waals surface area contributed by atoms with Crippen molar-refractivity contribution in [1.82, 2.24) is 14.3 Å².